The highest BCUT2D eigenvalue weighted by atomic mass is 32.2. The molecule has 0 aliphatic heterocycles. The summed E-state index contributed by atoms with van der Waals surface area (Å²) in [4.78, 5) is 0. The molecule has 0 saturated heterocycles. The topological polar surface area (TPSA) is 29.1 Å². The second-order valence-electron chi connectivity index (χ2n) is 3.17. The van der Waals surface area contributed by atoms with Gasteiger partial charge < -0.3 is 0 Å². The normalized spacial score (nSPS) is 23.0. The molecule has 13 heavy (non-hydrogen) atoms. The highest BCUT2D eigenvalue weighted by Gasteiger charge is 2.38. The van der Waals surface area contributed by atoms with Gasteiger partial charge in [0.1, 0.15) is 0 Å². The average Bonchev–Trinajstić information content (AvgIpc) is 2.04. The number of hydrogen-bond donors (Lipinski definition) is 1. The van der Waals surface area contributed by atoms with Crippen molar-refractivity contribution in [2.24, 2.45) is 0 Å². The number of hydrogen-bond acceptors (Lipinski definition) is 1. The van der Waals surface area contributed by atoms with Crippen LogP contribution < -0.4 is 4.72 Å². The van der Waals surface area contributed by atoms with Crippen molar-refractivity contribution in [2.45, 2.75) is 43.7 Å². The monoisotopic (exact) mass is 215 g/mol. The van der Waals surface area contributed by atoms with E-state index in [9.17, 15) is 17.4 Å². The summed E-state index contributed by atoms with van der Waals surface area (Å²) in [6.45, 7) is 0. The zero-order valence-corrected chi connectivity index (χ0v) is 7.88. The van der Waals surface area contributed by atoms with Crippen LogP contribution in [0.4, 0.5) is 13.2 Å². The summed E-state index contributed by atoms with van der Waals surface area (Å²) < 4.78 is 48.2. The number of rotatable bonds is 2. The van der Waals surface area contributed by atoms with Crippen molar-refractivity contribution in [2.75, 3.05) is 0 Å². The van der Waals surface area contributed by atoms with Gasteiger partial charge in [-0.25, -0.2) is 8.93 Å². The minimum absolute atomic E-state index is 0.226. The number of alkyl halides is 3. The van der Waals surface area contributed by atoms with Gasteiger partial charge in [0.25, 0.3) is 0 Å². The first-order valence-electron chi connectivity index (χ1n) is 4.25. The zero-order chi connectivity index (χ0) is 9.90. The van der Waals surface area contributed by atoms with Crippen LogP contribution >= 0.6 is 0 Å². The molecule has 1 aliphatic carbocycles. The summed E-state index contributed by atoms with van der Waals surface area (Å²) in [5.41, 5.74) is -4.63. The lowest BCUT2D eigenvalue weighted by Gasteiger charge is -2.22. The maximum absolute atomic E-state index is 11.8. The molecule has 0 aromatic heterocycles. The predicted octanol–water partition coefficient (Wildman–Crippen LogP) is 2.09. The third kappa shape index (κ3) is 3.64. The molecular formula is C7H12F3NOS. The average molecular weight is 215 g/mol. The van der Waals surface area contributed by atoms with E-state index in [2.05, 4.69) is 4.72 Å². The Labute approximate surface area is 77.5 Å². The van der Waals surface area contributed by atoms with E-state index in [1.165, 1.54) is 0 Å². The Kier molecular flexibility index (Phi) is 3.73. The van der Waals surface area contributed by atoms with E-state index >= 15 is 0 Å². The molecule has 1 aliphatic rings. The Hall–Kier alpha value is -0.100. The van der Waals surface area contributed by atoms with Crippen molar-refractivity contribution in [3.8, 4) is 0 Å². The van der Waals surface area contributed by atoms with E-state index in [1.54, 1.807) is 0 Å². The first kappa shape index (κ1) is 11.0. The molecule has 6 heteroatoms. The molecule has 2 nitrogen and oxygen atoms in total. The molecule has 1 atom stereocenters. The summed E-state index contributed by atoms with van der Waals surface area (Å²) in [7, 11) is -2.88. The van der Waals surface area contributed by atoms with E-state index in [4.69, 9.17) is 0 Å². The van der Waals surface area contributed by atoms with Crippen LogP contribution in [0, 0.1) is 0 Å². The maximum atomic E-state index is 11.8. The number of nitrogens with one attached hydrogen (secondary N) is 1. The molecule has 78 valence electrons. The Morgan fingerprint density at radius 3 is 2.15 bits per heavy atom. The van der Waals surface area contributed by atoms with E-state index < -0.39 is 16.5 Å². The fraction of sp³-hybridized carbons (Fsp3) is 1.00. The fourth-order valence-electron chi connectivity index (χ4n) is 1.44. The van der Waals surface area contributed by atoms with Crippen LogP contribution in [0.2, 0.25) is 0 Å². The highest BCUT2D eigenvalue weighted by Crippen LogP contribution is 2.22. The second-order valence-corrected chi connectivity index (χ2v) is 4.40. The zero-order valence-electron chi connectivity index (χ0n) is 7.06. The minimum Gasteiger partial charge on any atom is -0.234 e. The predicted molar refractivity (Wildman–Crippen MR) is 44.2 cm³/mol. The van der Waals surface area contributed by atoms with Gasteiger partial charge >= 0.3 is 5.51 Å². The third-order valence-electron chi connectivity index (χ3n) is 2.09. The molecule has 1 fully saturated rings. The summed E-state index contributed by atoms with van der Waals surface area (Å²) in [5.74, 6) is 0. The molecule has 0 radical (unpaired) electrons. The van der Waals surface area contributed by atoms with Crippen LogP contribution in [0.25, 0.3) is 0 Å². The van der Waals surface area contributed by atoms with Gasteiger partial charge in [0.05, 0.1) is 0 Å². The fourth-order valence-corrected chi connectivity index (χ4v) is 2.11. The molecule has 1 unspecified atom stereocenters. The van der Waals surface area contributed by atoms with Gasteiger partial charge in [-0.1, -0.05) is 19.3 Å². The summed E-state index contributed by atoms with van der Waals surface area (Å²) in [6, 6.07) is -0.226. The Bertz CT molecular complexity index is 189. The van der Waals surface area contributed by atoms with Gasteiger partial charge in [-0.05, 0) is 12.8 Å². The SMILES string of the molecule is O=S(NC1CCCCC1)C(F)(F)F. The largest absolute Gasteiger partial charge is 0.485 e. The lowest BCUT2D eigenvalue weighted by atomic mass is 9.96. The third-order valence-corrected chi connectivity index (χ3v) is 3.06. The van der Waals surface area contributed by atoms with E-state index in [-0.39, 0.29) is 6.04 Å². The standard InChI is InChI=1S/C7H12F3NOS/c8-7(9,10)13(12)11-6-4-2-1-3-5-6/h6,11H,1-5H2. The maximum Gasteiger partial charge on any atom is 0.485 e. The van der Waals surface area contributed by atoms with Crippen LogP contribution in [-0.2, 0) is 11.0 Å². The Morgan fingerprint density at radius 2 is 1.69 bits per heavy atom. The quantitative estimate of drug-likeness (QED) is 0.750. The lowest BCUT2D eigenvalue weighted by molar-refractivity contribution is -0.0398. The first-order chi connectivity index (χ1) is 6.00. The smallest absolute Gasteiger partial charge is 0.234 e. The van der Waals surface area contributed by atoms with Crippen molar-refractivity contribution >= 4 is 11.0 Å². The highest BCUT2D eigenvalue weighted by molar-refractivity contribution is 7.83. The lowest BCUT2D eigenvalue weighted by Crippen LogP contribution is -2.38. The minimum atomic E-state index is -4.63. The van der Waals surface area contributed by atoms with Gasteiger partial charge in [-0.3, -0.25) is 0 Å². The van der Waals surface area contributed by atoms with E-state index in [0.29, 0.717) is 12.8 Å². The summed E-state index contributed by atoms with van der Waals surface area (Å²) >= 11 is 0. The second kappa shape index (κ2) is 4.41. The van der Waals surface area contributed by atoms with Gasteiger partial charge in [0, 0.05) is 6.04 Å². The van der Waals surface area contributed by atoms with Crippen LogP contribution in [0.5, 0.6) is 0 Å². The molecule has 0 aromatic rings. The molecule has 0 aromatic carbocycles. The molecule has 1 N–H and O–H groups in total. The molecule has 1 rings (SSSR count). The van der Waals surface area contributed by atoms with Crippen molar-refractivity contribution in [1.82, 2.24) is 4.72 Å². The molecular weight excluding hydrogens is 203 g/mol. The van der Waals surface area contributed by atoms with Crippen LogP contribution in [0.1, 0.15) is 32.1 Å². The Morgan fingerprint density at radius 1 is 1.15 bits per heavy atom. The van der Waals surface area contributed by atoms with Crippen molar-refractivity contribution < 1.29 is 17.4 Å². The number of halogens is 3. The molecule has 0 bridgehead atoms. The van der Waals surface area contributed by atoms with Gasteiger partial charge in [-0.15, -0.1) is 0 Å². The van der Waals surface area contributed by atoms with Crippen LogP contribution in [0.15, 0.2) is 0 Å². The van der Waals surface area contributed by atoms with E-state index in [1.807, 2.05) is 0 Å². The van der Waals surface area contributed by atoms with Crippen molar-refractivity contribution in [1.29, 1.82) is 0 Å². The molecule has 1 saturated carbocycles. The summed E-state index contributed by atoms with van der Waals surface area (Å²) in [6.07, 6.45) is 4.31. The first-order valence-corrected chi connectivity index (χ1v) is 5.40. The molecule has 0 spiro atoms. The van der Waals surface area contributed by atoms with Gasteiger partial charge in [-0.2, -0.15) is 13.2 Å². The van der Waals surface area contributed by atoms with Gasteiger partial charge in [0.15, 0.2) is 11.0 Å². The molecule has 0 heterocycles. The van der Waals surface area contributed by atoms with Gasteiger partial charge in [0.2, 0.25) is 0 Å². The van der Waals surface area contributed by atoms with E-state index in [0.717, 1.165) is 19.3 Å². The van der Waals surface area contributed by atoms with Crippen molar-refractivity contribution in [3.05, 3.63) is 0 Å². The Balaban J connectivity index is 2.35. The van der Waals surface area contributed by atoms with Crippen molar-refractivity contribution in [3.63, 3.8) is 0 Å². The van der Waals surface area contributed by atoms with Crippen LogP contribution in [0.3, 0.4) is 0 Å². The molecule has 0 amide bonds. The summed E-state index contributed by atoms with van der Waals surface area (Å²) in [5, 5.41) is 0. The van der Waals surface area contributed by atoms with Crippen LogP contribution in [-0.4, -0.2) is 15.8 Å².